The zero-order valence-corrected chi connectivity index (χ0v) is 11.0. The van der Waals surface area contributed by atoms with Gasteiger partial charge in [-0.05, 0) is 41.1 Å². The molecule has 90 valence electrons. The Kier molecular flexibility index (Phi) is 4.70. The average molecular weight is 291 g/mol. The van der Waals surface area contributed by atoms with Gasteiger partial charge < -0.3 is 15.8 Å². The van der Waals surface area contributed by atoms with Gasteiger partial charge in [-0.15, -0.1) is 0 Å². The molecule has 16 heavy (non-hydrogen) atoms. The zero-order valence-electron chi connectivity index (χ0n) is 9.39. The van der Waals surface area contributed by atoms with E-state index in [4.69, 9.17) is 10.5 Å². The van der Waals surface area contributed by atoms with E-state index in [0.29, 0.717) is 17.6 Å². The molecule has 0 bridgehead atoms. The molecule has 0 spiro atoms. The number of anilines is 1. The lowest BCUT2D eigenvalue weighted by Gasteiger charge is -2.29. The number of halogens is 2. The number of nitrogens with one attached hydrogen (secondary N) is 1. The first kappa shape index (κ1) is 13.4. The number of ether oxygens (including phenoxy) is 1. The monoisotopic (exact) mass is 290 g/mol. The van der Waals surface area contributed by atoms with Crippen molar-refractivity contribution in [3.05, 3.63) is 28.5 Å². The highest BCUT2D eigenvalue weighted by Gasteiger charge is 2.22. The summed E-state index contributed by atoms with van der Waals surface area (Å²) in [5.41, 5.74) is 6.13. The first-order valence-electron chi connectivity index (χ1n) is 4.93. The Bertz CT molecular complexity index is 362. The van der Waals surface area contributed by atoms with Crippen LogP contribution in [0.25, 0.3) is 0 Å². The maximum atomic E-state index is 13.0. The van der Waals surface area contributed by atoms with Crippen LogP contribution in [0.2, 0.25) is 0 Å². The molecule has 5 heteroatoms. The molecular formula is C11H16BrFN2O. The van der Waals surface area contributed by atoms with Crippen LogP contribution in [0.3, 0.4) is 0 Å². The second kappa shape index (κ2) is 5.61. The molecule has 0 saturated heterocycles. The van der Waals surface area contributed by atoms with Crippen molar-refractivity contribution in [2.24, 2.45) is 5.73 Å². The van der Waals surface area contributed by atoms with Crippen LogP contribution in [0.5, 0.6) is 0 Å². The minimum Gasteiger partial charge on any atom is -0.382 e. The Hall–Kier alpha value is -0.650. The predicted octanol–water partition coefficient (Wildman–Crippen LogP) is 2.36. The quantitative estimate of drug-likeness (QED) is 0.875. The summed E-state index contributed by atoms with van der Waals surface area (Å²) in [5.74, 6) is -0.285. The van der Waals surface area contributed by atoms with E-state index in [9.17, 15) is 4.39 Å². The van der Waals surface area contributed by atoms with Crippen LogP contribution in [0.1, 0.15) is 6.92 Å². The molecule has 3 N–H and O–H groups in total. The highest BCUT2D eigenvalue weighted by Crippen LogP contribution is 2.22. The Labute approximate surface area is 103 Å². The lowest BCUT2D eigenvalue weighted by Crippen LogP contribution is -2.46. The van der Waals surface area contributed by atoms with E-state index in [-0.39, 0.29) is 11.4 Å². The lowest BCUT2D eigenvalue weighted by atomic mass is 10.0. The Morgan fingerprint density at radius 2 is 2.25 bits per heavy atom. The van der Waals surface area contributed by atoms with Gasteiger partial charge in [-0.3, -0.25) is 0 Å². The summed E-state index contributed by atoms with van der Waals surface area (Å²) in [6.45, 7) is 2.86. The maximum Gasteiger partial charge on any atom is 0.137 e. The number of methoxy groups -OCH3 is 1. The molecule has 1 aromatic carbocycles. The summed E-state index contributed by atoms with van der Waals surface area (Å²) in [6, 6.07) is 4.75. The summed E-state index contributed by atoms with van der Waals surface area (Å²) < 4.78 is 18.6. The van der Waals surface area contributed by atoms with Crippen molar-refractivity contribution < 1.29 is 9.13 Å². The molecule has 1 unspecified atom stereocenters. The normalized spacial score (nSPS) is 14.6. The topological polar surface area (TPSA) is 47.3 Å². The molecule has 0 saturated carbocycles. The third kappa shape index (κ3) is 3.43. The molecule has 0 aliphatic carbocycles. The third-order valence-corrected chi connectivity index (χ3v) is 2.89. The van der Waals surface area contributed by atoms with E-state index in [2.05, 4.69) is 21.2 Å². The van der Waals surface area contributed by atoms with Crippen molar-refractivity contribution in [3.63, 3.8) is 0 Å². The number of rotatable bonds is 5. The van der Waals surface area contributed by atoms with Crippen molar-refractivity contribution in [1.29, 1.82) is 0 Å². The molecule has 0 heterocycles. The molecule has 0 aromatic heterocycles. The molecule has 0 radical (unpaired) electrons. The van der Waals surface area contributed by atoms with Crippen molar-refractivity contribution in [2.45, 2.75) is 12.5 Å². The maximum absolute atomic E-state index is 13.0. The number of hydrogen-bond donors (Lipinski definition) is 2. The van der Waals surface area contributed by atoms with Crippen LogP contribution >= 0.6 is 15.9 Å². The Balaban J connectivity index is 2.81. The van der Waals surface area contributed by atoms with Crippen LogP contribution in [-0.4, -0.2) is 25.8 Å². The van der Waals surface area contributed by atoms with Gasteiger partial charge in [-0.1, -0.05) is 0 Å². The zero-order chi connectivity index (χ0) is 12.2. The molecule has 0 aliphatic heterocycles. The second-order valence-corrected chi connectivity index (χ2v) is 4.81. The van der Waals surface area contributed by atoms with Gasteiger partial charge in [0.2, 0.25) is 0 Å². The molecule has 0 fully saturated rings. The largest absolute Gasteiger partial charge is 0.382 e. The fourth-order valence-electron chi connectivity index (χ4n) is 1.39. The van der Waals surface area contributed by atoms with Crippen molar-refractivity contribution >= 4 is 21.6 Å². The molecule has 3 nitrogen and oxygen atoms in total. The van der Waals surface area contributed by atoms with Crippen LogP contribution in [0.4, 0.5) is 10.1 Å². The molecule has 1 aromatic rings. The predicted molar refractivity (Wildman–Crippen MR) is 67.1 cm³/mol. The van der Waals surface area contributed by atoms with Gasteiger partial charge in [-0.25, -0.2) is 4.39 Å². The van der Waals surface area contributed by atoms with Gasteiger partial charge in [-0.2, -0.15) is 0 Å². The summed E-state index contributed by atoms with van der Waals surface area (Å²) in [7, 11) is 1.62. The first-order chi connectivity index (χ1) is 7.50. The van der Waals surface area contributed by atoms with Crippen LogP contribution in [0, 0.1) is 5.82 Å². The highest BCUT2D eigenvalue weighted by atomic mass is 79.9. The van der Waals surface area contributed by atoms with Crippen molar-refractivity contribution in [2.75, 3.05) is 25.6 Å². The standard InChI is InChI=1S/C11H16BrFN2O/c1-11(6-14,7-16-2)15-8-3-4-10(13)9(12)5-8/h3-5,15H,6-7,14H2,1-2H3. The lowest BCUT2D eigenvalue weighted by molar-refractivity contribution is 0.153. The molecular weight excluding hydrogens is 275 g/mol. The van der Waals surface area contributed by atoms with E-state index in [0.717, 1.165) is 5.69 Å². The smallest absolute Gasteiger partial charge is 0.137 e. The van der Waals surface area contributed by atoms with Crippen LogP contribution < -0.4 is 11.1 Å². The minimum absolute atomic E-state index is 0.285. The Morgan fingerprint density at radius 1 is 1.56 bits per heavy atom. The summed E-state index contributed by atoms with van der Waals surface area (Å²) in [5, 5.41) is 3.23. The van der Waals surface area contributed by atoms with Gasteiger partial charge in [0.1, 0.15) is 5.82 Å². The van der Waals surface area contributed by atoms with Crippen LogP contribution in [-0.2, 0) is 4.74 Å². The van der Waals surface area contributed by atoms with E-state index in [1.54, 1.807) is 19.2 Å². The van der Waals surface area contributed by atoms with Crippen LogP contribution in [0.15, 0.2) is 22.7 Å². The van der Waals surface area contributed by atoms with E-state index in [1.807, 2.05) is 6.92 Å². The van der Waals surface area contributed by atoms with E-state index >= 15 is 0 Å². The fourth-order valence-corrected chi connectivity index (χ4v) is 1.77. The van der Waals surface area contributed by atoms with Gasteiger partial charge in [0, 0.05) is 19.3 Å². The van der Waals surface area contributed by atoms with Gasteiger partial charge in [0.25, 0.3) is 0 Å². The number of hydrogen-bond acceptors (Lipinski definition) is 3. The molecule has 0 aliphatic rings. The van der Waals surface area contributed by atoms with E-state index < -0.39 is 0 Å². The average Bonchev–Trinajstić information content (AvgIpc) is 2.24. The van der Waals surface area contributed by atoms with Crippen molar-refractivity contribution in [1.82, 2.24) is 0 Å². The summed E-state index contributed by atoms with van der Waals surface area (Å²) in [6.07, 6.45) is 0. The highest BCUT2D eigenvalue weighted by molar-refractivity contribution is 9.10. The summed E-state index contributed by atoms with van der Waals surface area (Å²) >= 11 is 3.14. The minimum atomic E-state index is -0.355. The molecule has 1 rings (SSSR count). The van der Waals surface area contributed by atoms with Gasteiger partial charge in [0.15, 0.2) is 0 Å². The third-order valence-electron chi connectivity index (χ3n) is 2.28. The van der Waals surface area contributed by atoms with Gasteiger partial charge >= 0.3 is 0 Å². The van der Waals surface area contributed by atoms with Crippen molar-refractivity contribution in [3.8, 4) is 0 Å². The van der Waals surface area contributed by atoms with E-state index in [1.165, 1.54) is 6.07 Å². The fraction of sp³-hybridized carbons (Fsp3) is 0.455. The first-order valence-corrected chi connectivity index (χ1v) is 5.72. The molecule has 0 amide bonds. The molecule has 1 atom stereocenters. The summed E-state index contributed by atoms with van der Waals surface area (Å²) in [4.78, 5) is 0. The number of nitrogens with two attached hydrogens (primary N) is 1. The second-order valence-electron chi connectivity index (χ2n) is 3.95. The van der Waals surface area contributed by atoms with Gasteiger partial charge in [0.05, 0.1) is 16.6 Å². The Morgan fingerprint density at radius 3 is 2.75 bits per heavy atom. The SMILES string of the molecule is COCC(C)(CN)Nc1ccc(F)c(Br)c1. The number of benzene rings is 1.